The molecule has 6 nitrogen and oxygen atoms in total. The zero-order valence-electron chi connectivity index (χ0n) is 12.0. The van der Waals surface area contributed by atoms with Gasteiger partial charge >= 0.3 is 5.97 Å². The van der Waals surface area contributed by atoms with Gasteiger partial charge in [0.2, 0.25) is 5.79 Å². The van der Waals surface area contributed by atoms with Gasteiger partial charge in [-0.25, -0.2) is 4.79 Å². The van der Waals surface area contributed by atoms with E-state index in [1.807, 2.05) is 0 Å². The lowest BCUT2D eigenvalue weighted by molar-refractivity contribution is -0.241. The molecule has 0 aromatic carbocycles. The molecule has 0 amide bonds. The number of esters is 1. The average molecular weight is 282 g/mol. The van der Waals surface area contributed by atoms with Gasteiger partial charge in [-0.15, -0.1) is 0 Å². The maximum Gasteiger partial charge on any atom is 0.333 e. The van der Waals surface area contributed by atoms with Gasteiger partial charge in [0.15, 0.2) is 5.78 Å². The zero-order valence-corrected chi connectivity index (χ0v) is 12.0. The van der Waals surface area contributed by atoms with Crippen LogP contribution in [-0.4, -0.2) is 44.7 Å². The van der Waals surface area contributed by atoms with Crippen LogP contribution in [0.3, 0.4) is 0 Å². The van der Waals surface area contributed by atoms with Gasteiger partial charge < -0.3 is 14.2 Å². The smallest absolute Gasteiger partial charge is 0.333 e. The van der Waals surface area contributed by atoms with Gasteiger partial charge in [0, 0.05) is 25.7 Å². The highest BCUT2D eigenvalue weighted by Crippen LogP contribution is 2.50. The van der Waals surface area contributed by atoms with Crippen molar-refractivity contribution in [2.45, 2.75) is 19.1 Å². The summed E-state index contributed by atoms with van der Waals surface area (Å²) in [6.45, 7) is 1.45. The molecule has 1 saturated carbocycles. The monoisotopic (exact) mass is 282 g/mol. The molecule has 20 heavy (non-hydrogen) atoms. The van der Waals surface area contributed by atoms with E-state index < -0.39 is 29.5 Å². The number of carbonyl (C=O) groups is 3. The number of rotatable bonds is 4. The quantitative estimate of drug-likeness (QED) is 0.552. The van der Waals surface area contributed by atoms with Crippen LogP contribution in [0.2, 0.25) is 0 Å². The number of ketones is 2. The fraction of sp³-hybridized carbons (Fsp3) is 0.643. The van der Waals surface area contributed by atoms with E-state index in [1.165, 1.54) is 34.3 Å². The summed E-state index contributed by atoms with van der Waals surface area (Å²) in [6, 6.07) is 0. The molecule has 0 heterocycles. The number of ether oxygens (including phenoxy) is 3. The predicted molar refractivity (Wildman–Crippen MR) is 67.6 cm³/mol. The lowest BCUT2D eigenvalue weighted by Gasteiger charge is -2.49. The third-order valence-corrected chi connectivity index (χ3v) is 4.31. The Hall–Kier alpha value is -1.53. The summed E-state index contributed by atoms with van der Waals surface area (Å²) >= 11 is 0. The van der Waals surface area contributed by atoms with Crippen LogP contribution in [0.5, 0.6) is 0 Å². The minimum absolute atomic E-state index is 0.0747. The van der Waals surface area contributed by atoms with Crippen LogP contribution < -0.4 is 0 Å². The van der Waals surface area contributed by atoms with E-state index in [1.54, 1.807) is 0 Å². The molecule has 0 aromatic rings. The number of fused-ring (bicyclic) bond motifs is 2. The van der Waals surface area contributed by atoms with Gasteiger partial charge in [0.05, 0.1) is 18.9 Å². The second kappa shape index (κ2) is 5.10. The molecule has 0 spiro atoms. The molecule has 1 fully saturated rings. The summed E-state index contributed by atoms with van der Waals surface area (Å²) in [5.74, 6) is -4.18. The average Bonchev–Trinajstić information content (AvgIpc) is 2.47. The Labute approximate surface area is 117 Å². The van der Waals surface area contributed by atoms with Crippen molar-refractivity contribution in [2.24, 2.45) is 17.8 Å². The molecule has 2 bridgehead atoms. The van der Waals surface area contributed by atoms with Crippen LogP contribution in [0, 0.1) is 17.8 Å². The van der Waals surface area contributed by atoms with Crippen LogP contribution in [0.4, 0.5) is 0 Å². The molecular formula is C14H18O6. The highest BCUT2D eigenvalue weighted by atomic mass is 16.7. The second-order valence-corrected chi connectivity index (χ2v) is 5.08. The first-order valence-corrected chi connectivity index (χ1v) is 6.38. The van der Waals surface area contributed by atoms with Gasteiger partial charge in [0.25, 0.3) is 0 Å². The molecule has 0 aliphatic heterocycles. The van der Waals surface area contributed by atoms with Crippen LogP contribution in [0.1, 0.15) is 13.3 Å². The van der Waals surface area contributed by atoms with Crippen molar-refractivity contribution in [3.8, 4) is 0 Å². The van der Waals surface area contributed by atoms with Crippen molar-refractivity contribution in [3.63, 3.8) is 0 Å². The van der Waals surface area contributed by atoms with E-state index in [2.05, 4.69) is 0 Å². The number of allylic oxidation sites excluding steroid dienone is 1. The van der Waals surface area contributed by atoms with E-state index in [4.69, 9.17) is 14.2 Å². The molecule has 110 valence electrons. The van der Waals surface area contributed by atoms with Gasteiger partial charge in [-0.05, 0) is 13.3 Å². The third kappa shape index (κ3) is 1.83. The van der Waals surface area contributed by atoms with Gasteiger partial charge in [-0.3, -0.25) is 9.59 Å². The van der Waals surface area contributed by atoms with Crippen LogP contribution in [0.25, 0.3) is 0 Å². The SMILES string of the molecule is COC(=O)C1=C[C@H]2C(=O)C(OC)(OC)[C@@H]1C[C@H]2C(C)=O. The van der Waals surface area contributed by atoms with Gasteiger partial charge in [0.1, 0.15) is 5.78 Å². The largest absolute Gasteiger partial charge is 0.466 e. The molecule has 6 heteroatoms. The van der Waals surface area contributed by atoms with Crippen molar-refractivity contribution in [3.05, 3.63) is 11.6 Å². The van der Waals surface area contributed by atoms with Crippen molar-refractivity contribution in [1.29, 1.82) is 0 Å². The Morgan fingerprint density at radius 2 is 1.85 bits per heavy atom. The molecular weight excluding hydrogens is 264 g/mol. The fourth-order valence-corrected chi connectivity index (χ4v) is 3.29. The Morgan fingerprint density at radius 1 is 1.25 bits per heavy atom. The minimum Gasteiger partial charge on any atom is -0.466 e. The van der Waals surface area contributed by atoms with Crippen molar-refractivity contribution in [2.75, 3.05) is 21.3 Å². The first-order valence-electron chi connectivity index (χ1n) is 6.38. The van der Waals surface area contributed by atoms with Crippen LogP contribution in [0.15, 0.2) is 11.6 Å². The summed E-state index contributed by atoms with van der Waals surface area (Å²) in [5.41, 5.74) is 0.346. The Kier molecular flexibility index (Phi) is 3.80. The summed E-state index contributed by atoms with van der Waals surface area (Å²) < 4.78 is 15.3. The highest BCUT2D eigenvalue weighted by Gasteiger charge is 2.61. The van der Waals surface area contributed by atoms with E-state index in [0.717, 1.165) is 0 Å². The molecule has 3 aliphatic rings. The molecule has 0 saturated heterocycles. The number of methoxy groups -OCH3 is 3. The Bertz CT molecular complexity index is 488. The molecule has 3 aliphatic carbocycles. The van der Waals surface area contributed by atoms with Crippen molar-refractivity contribution in [1.82, 2.24) is 0 Å². The van der Waals surface area contributed by atoms with E-state index in [-0.39, 0.29) is 11.6 Å². The molecule has 0 aromatic heterocycles. The minimum atomic E-state index is -1.51. The first kappa shape index (κ1) is 14.9. The number of hydrogen-bond donors (Lipinski definition) is 0. The molecule has 0 unspecified atom stereocenters. The van der Waals surface area contributed by atoms with E-state index in [0.29, 0.717) is 12.0 Å². The zero-order chi connectivity index (χ0) is 15.1. The van der Waals surface area contributed by atoms with Gasteiger partial charge in [-0.1, -0.05) is 6.08 Å². The maximum absolute atomic E-state index is 12.5. The Morgan fingerprint density at radius 3 is 2.30 bits per heavy atom. The number of Topliss-reactive ketones (excluding diaryl/α,β-unsaturated/α-hetero) is 2. The third-order valence-electron chi connectivity index (χ3n) is 4.31. The Balaban J connectivity index is 2.54. The van der Waals surface area contributed by atoms with E-state index in [9.17, 15) is 14.4 Å². The summed E-state index contributed by atoms with van der Waals surface area (Å²) in [5, 5.41) is 0. The number of carbonyl (C=O) groups excluding carboxylic acids is 3. The van der Waals surface area contributed by atoms with Crippen molar-refractivity contribution < 1.29 is 28.6 Å². The highest BCUT2D eigenvalue weighted by molar-refractivity contribution is 6.02. The topological polar surface area (TPSA) is 78.9 Å². The molecule has 3 rings (SSSR count). The van der Waals surface area contributed by atoms with Crippen LogP contribution >= 0.6 is 0 Å². The normalized spacial score (nSPS) is 30.9. The number of hydrogen-bond acceptors (Lipinski definition) is 6. The van der Waals surface area contributed by atoms with E-state index >= 15 is 0 Å². The standard InChI is InChI=1S/C14H18O6/c1-7(15)8-6-11-10(13(17)18-2)5-9(8)12(16)14(11,19-3)20-4/h5,8-9,11H,6H2,1-4H3/t8-,9+,11+/m0/s1. The van der Waals surface area contributed by atoms with Crippen molar-refractivity contribution >= 4 is 17.5 Å². The van der Waals surface area contributed by atoms with Crippen LogP contribution in [-0.2, 0) is 28.6 Å². The summed E-state index contributed by atoms with van der Waals surface area (Å²) in [6.07, 6.45) is 1.87. The molecule has 3 atom stereocenters. The maximum atomic E-state index is 12.5. The lowest BCUT2D eigenvalue weighted by Crippen LogP contribution is -2.62. The first-order chi connectivity index (χ1) is 9.42. The van der Waals surface area contributed by atoms with Gasteiger partial charge in [-0.2, -0.15) is 0 Å². The lowest BCUT2D eigenvalue weighted by atomic mass is 9.60. The molecule has 0 N–H and O–H groups in total. The molecule has 0 radical (unpaired) electrons. The predicted octanol–water partition coefficient (Wildman–Crippen LogP) is 0.499. The fourth-order valence-electron chi connectivity index (χ4n) is 3.29. The summed E-state index contributed by atoms with van der Waals surface area (Å²) in [4.78, 5) is 36.1. The second-order valence-electron chi connectivity index (χ2n) is 5.08. The summed E-state index contributed by atoms with van der Waals surface area (Å²) in [7, 11) is 4.00.